The van der Waals surface area contributed by atoms with E-state index < -0.39 is 24.3 Å². The predicted octanol–water partition coefficient (Wildman–Crippen LogP) is 3.11. The Bertz CT molecular complexity index is 811. The van der Waals surface area contributed by atoms with Crippen molar-refractivity contribution in [2.75, 3.05) is 18.7 Å². The number of carbonyl (C=O) groups excluding carboxylic acids is 2. The highest BCUT2D eigenvalue weighted by atomic mass is 79.9. The van der Waals surface area contributed by atoms with Crippen molar-refractivity contribution in [3.63, 3.8) is 0 Å². The number of amides is 1. The van der Waals surface area contributed by atoms with Crippen molar-refractivity contribution in [1.29, 1.82) is 0 Å². The summed E-state index contributed by atoms with van der Waals surface area (Å²) in [4.78, 5) is 23.7. The lowest BCUT2D eigenvalue weighted by molar-refractivity contribution is -0.119. The highest BCUT2D eigenvalue weighted by molar-refractivity contribution is 9.10. The molecule has 0 saturated heterocycles. The van der Waals surface area contributed by atoms with Crippen LogP contribution in [0.5, 0.6) is 11.5 Å². The van der Waals surface area contributed by atoms with E-state index in [2.05, 4.69) is 21.2 Å². The van der Waals surface area contributed by atoms with Gasteiger partial charge in [0.2, 0.25) is 6.79 Å². The van der Waals surface area contributed by atoms with Gasteiger partial charge in [-0.1, -0.05) is 0 Å². The molecule has 0 spiro atoms. The molecule has 2 aromatic rings. The van der Waals surface area contributed by atoms with Crippen LogP contribution >= 0.6 is 15.9 Å². The van der Waals surface area contributed by atoms with Crippen molar-refractivity contribution < 1.29 is 28.2 Å². The summed E-state index contributed by atoms with van der Waals surface area (Å²) in [6, 6.07) is 8.52. The van der Waals surface area contributed by atoms with Crippen LogP contribution in [0.2, 0.25) is 0 Å². The molecule has 0 aliphatic carbocycles. The van der Waals surface area contributed by atoms with Gasteiger partial charge in [-0.15, -0.1) is 0 Å². The largest absolute Gasteiger partial charge is 0.454 e. The zero-order valence-electron chi connectivity index (χ0n) is 12.2. The van der Waals surface area contributed by atoms with E-state index >= 15 is 0 Å². The summed E-state index contributed by atoms with van der Waals surface area (Å²) in [5.74, 6) is -0.796. The first-order valence-corrected chi connectivity index (χ1v) is 7.64. The van der Waals surface area contributed by atoms with Gasteiger partial charge in [0, 0.05) is 16.2 Å². The Labute approximate surface area is 144 Å². The van der Waals surface area contributed by atoms with Gasteiger partial charge in [-0.2, -0.15) is 0 Å². The number of carbonyl (C=O) groups is 2. The number of hydrogen-bond acceptors (Lipinski definition) is 5. The fourth-order valence-electron chi connectivity index (χ4n) is 2.03. The van der Waals surface area contributed by atoms with Crippen molar-refractivity contribution in [2.24, 2.45) is 0 Å². The maximum Gasteiger partial charge on any atom is 0.339 e. The molecular weight excluding hydrogens is 385 g/mol. The Balaban J connectivity index is 1.57. The lowest BCUT2D eigenvalue weighted by atomic mass is 10.2. The molecule has 1 aliphatic heterocycles. The Hall–Kier alpha value is -2.61. The molecule has 1 aliphatic rings. The molecular formula is C16H11BrFNO5. The van der Waals surface area contributed by atoms with E-state index in [4.69, 9.17) is 14.2 Å². The first-order valence-electron chi connectivity index (χ1n) is 6.84. The van der Waals surface area contributed by atoms with Crippen LogP contribution in [0.15, 0.2) is 40.9 Å². The molecule has 1 amide bonds. The zero-order chi connectivity index (χ0) is 17.1. The molecule has 0 atom stereocenters. The number of fused-ring (bicyclic) bond motifs is 1. The Morgan fingerprint density at radius 2 is 1.96 bits per heavy atom. The Morgan fingerprint density at radius 1 is 1.17 bits per heavy atom. The summed E-state index contributed by atoms with van der Waals surface area (Å²) < 4.78 is 28.8. The van der Waals surface area contributed by atoms with Gasteiger partial charge in [-0.05, 0) is 46.3 Å². The smallest absolute Gasteiger partial charge is 0.339 e. The molecule has 0 radical (unpaired) electrons. The maximum atomic E-state index is 13.2. The van der Waals surface area contributed by atoms with Gasteiger partial charge < -0.3 is 19.5 Å². The van der Waals surface area contributed by atoms with Crippen molar-refractivity contribution in [3.05, 3.63) is 52.3 Å². The molecule has 124 valence electrons. The average molecular weight is 396 g/mol. The number of hydrogen-bond donors (Lipinski definition) is 1. The minimum atomic E-state index is -0.804. The highest BCUT2D eigenvalue weighted by Gasteiger charge is 2.16. The normalized spacial score (nSPS) is 11.9. The molecule has 0 unspecified atom stereocenters. The number of benzene rings is 2. The van der Waals surface area contributed by atoms with Crippen molar-refractivity contribution in [3.8, 4) is 11.5 Å². The zero-order valence-corrected chi connectivity index (χ0v) is 13.8. The minimum Gasteiger partial charge on any atom is -0.454 e. The molecule has 0 bridgehead atoms. The summed E-state index contributed by atoms with van der Waals surface area (Å²) in [5, 5.41) is 2.57. The van der Waals surface area contributed by atoms with Gasteiger partial charge in [-0.3, -0.25) is 4.79 Å². The van der Waals surface area contributed by atoms with Crippen LogP contribution in [-0.4, -0.2) is 25.3 Å². The monoisotopic (exact) mass is 395 g/mol. The standard InChI is InChI=1S/C16H11BrFNO5/c17-12-3-1-9(18)5-11(12)16(21)22-7-15(20)19-10-2-4-13-14(6-10)24-8-23-13/h1-6H,7-8H2,(H,19,20). The topological polar surface area (TPSA) is 73.9 Å². The summed E-state index contributed by atoms with van der Waals surface area (Å²) >= 11 is 3.13. The van der Waals surface area contributed by atoms with E-state index in [1.807, 2.05) is 0 Å². The van der Waals surface area contributed by atoms with Gasteiger partial charge in [0.15, 0.2) is 18.1 Å². The second-order valence-corrected chi connectivity index (χ2v) is 5.67. The van der Waals surface area contributed by atoms with Gasteiger partial charge in [0.1, 0.15) is 5.82 Å². The summed E-state index contributed by atoms with van der Waals surface area (Å²) in [6.45, 7) is -0.372. The third kappa shape index (κ3) is 3.65. The quantitative estimate of drug-likeness (QED) is 0.805. The number of rotatable bonds is 4. The second kappa shape index (κ2) is 6.88. The molecule has 1 N–H and O–H groups in total. The number of halogens is 2. The molecule has 0 fully saturated rings. The lowest BCUT2D eigenvalue weighted by Gasteiger charge is -2.08. The Kier molecular flexibility index (Phi) is 4.66. The maximum absolute atomic E-state index is 13.2. The van der Waals surface area contributed by atoms with E-state index in [0.29, 0.717) is 21.7 Å². The minimum absolute atomic E-state index is 0.00544. The van der Waals surface area contributed by atoms with E-state index in [0.717, 1.165) is 6.07 Å². The lowest BCUT2D eigenvalue weighted by Crippen LogP contribution is -2.21. The van der Waals surface area contributed by atoms with Crippen molar-refractivity contribution in [1.82, 2.24) is 0 Å². The molecule has 2 aromatic carbocycles. The molecule has 3 rings (SSSR count). The molecule has 0 saturated carbocycles. The van der Waals surface area contributed by atoms with E-state index in [-0.39, 0.29) is 12.4 Å². The number of nitrogens with one attached hydrogen (secondary N) is 1. The van der Waals surface area contributed by atoms with Crippen LogP contribution in [-0.2, 0) is 9.53 Å². The van der Waals surface area contributed by atoms with Gasteiger partial charge in [0.05, 0.1) is 5.56 Å². The second-order valence-electron chi connectivity index (χ2n) is 4.82. The molecule has 0 aromatic heterocycles. The van der Waals surface area contributed by atoms with Crippen LogP contribution < -0.4 is 14.8 Å². The third-order valence-electron chi connectivity index (χ3n) is 3.14. The number of esters is 1. The molecule has 1 heterocycles. The van der Waals surface area contributed by atoms with Gasteiger partial charge in [-0.25, -0.2) is 9.18 Å². The van der Waals surface area contributed by atoms with Crippen LogP contribution in [0, 0.1) is 5.82 Å². The van der Waals surface area contributed by atoms with Gasteiger partial charge >= 0.3 is 5.97 Å². The number of anilines is 1. The first-order chi connectivity index (χ1) is 11.5. The predicted molar refractivity (Wildman–Crippen MR) is 85.6 cm³/mol. The average Bonchev–Trinajstić information content (AvgIpc) is 3.02. The van der Waals surface area contributed by atoms with Crippen molar-refractivity contribution in [2.45, 2.75) is 0 Å². The first kappa shape index (κ1) is 16.3. The number of ether oxygens (including phenoxy) is 3. The van der Waals surface area contributed by atoms with E-state index in [1.165, 1.54) is 12.1 Å². The van der Waals surface area contributed by atoms with Gasteiger partial charge in [0.25, 0.3) is 5.91 Å². The fraction of sp³-hybridized carbons (Fsp3) is 0.125. The fourth-order valence-corrected chi connectivity index (χ4v) is 2.44. The molecule has 6 nitrogen and oxygen atoms in total. The molecule has 8 heteroatoms. The summed E-state index contributed by atoms with van der Waals surface area (Å²) in [6.07, 6.45) is 0. The van der Waals surface area contributed by atoms with Crippen LogP contribution in [0.3, 0.4) is 0 Å². The van der Waals surface area contributed by atoms with E-state index in [9.17, 15) is 14.0 Å². The highest BCUT2D eigenvalue weighted by Crippen LogP contribution is 2.34. The van der Waals surface area contributed by atoms with Crippen LogP contribution in [0.1, 0.15) is 10.4 Å². The SMILES string of the molecule is O=C(COC(=O)c1cc(F)ccc1Br)Nc1ccc2c(c1)OCO2. The van der Waals surface area contributed by atoms with Crippen LogP contribution in [0.25, 0.3) is 0 Å². The summed E-state index contributed by atoms with van der Waals surface area (Å²) in [5.41, 5.74) is 0.484. The molecule has 24 heavy (non-hydrogen) atoms. The Morgan fingerprint density at radius 3 is 2.79 bits per heavy atom. The van der Waals surface area contributed by atoms with Crippen LogP contribution in [0.4, 0.5) is 10.1 Å². The summed E-state index contributed by atoms with van der Waals surface area (Å²) in [7, 11) is 0. The van der Waals surface area contributed by atoms with E-state index in [1.54, 1.807) is 18.2 Å². The van der Waals surface area contributed by atoms with Crippen molar-refractivity contribution >= 4 is 33.5 Å². The third-order valence-corrected chi connectivity index (χ3v) is 3.83.